The van der Waals surface area contributed by atoms with Crippen LogP contribution in [0.5, 0.6) is 0 Å². The molecule has 0 spiro atoms. The fourth-order valence-electron chi connectivity index (χ4n) is 0. The van der Waals surface area contributed by atoms with Crippen molar-refractivity contribution < 1.29 is 58.2 Å². The van der Waals surface area contributed by atoms with E-state index in [0.29, 0.717) is 0 Å². The molecular weight excluding hydrogens is 202 g/mol. The SMILES string of the molecule is N.O.[Ce+3].[O-2].[OH-]. The first-order valence-electron chi connectivity index (χ1n) is 0. The molecule has 0 fully saturated rings. The summed E-state index contributed by atoms with van der Waals surface area (Å²) in [5.41, 5.74) is 0. The summed E-state index contributed by atoms with van der Waals surface area (Å²) in [5, 5.41) is 0. The Morgan fingerprint density at radius 3 is 1.00 bits per heavy atom. The molecule has 0 saturated heterocycles. The van der Waals surface area contributed by atoms with Crippen molar-refractivity contribution in [1.82, 2.24) is 6.15 Å². The predicted octanol–water partition coefficient (Wildman–Crippen LogP) is -0.958. The second kappa shape index (κ2) is 62.7. The first kappa shape index (κ1) is 114. The average Bonchev–Trinajstić information content (AvgIpc) is 0. The van der Waals surface area contributed by atoms with Gasteiger partial charge in [0.25, 0.3) is 0 Å². The molecule has 1 radical (unpaired) electrons. The Bertz CT molecular complexity index is 6.85. The van der Waals surface area contributed by atoms with E-state index >= 15 is 0 Å². The smallest absolute Gasteiger partial charge is 2.00 e. The Kier molecular flexibility index (Phi) is 1430. The van der Waals surface area contributed by atoms with Crippen LogP contribution in [0.3, 0.4) is 0 Å². The first-order valence-corrected chi connectivity index (χ1v) is 0. The number of hydrogen-bond acceptors (Lipinski definition) is 2. The third-order valence-electron chi connectivity index (χ3n) is 0. The van der Waals surface area contributed by atoms with Crippen LogP contribution in [0, 0.1) is 41.7 Å². The summed E-state index contributed by atoms with van der Waals surface area (Å²) < 4.78 is 0. The van der Waals surface area contributed by atoms with Crippen molar-refractivity contribution in [3.8, 4) is 0 Å². The number of rotatable bonds is 0. The van der Waals surface area contributed by atoms with E-state index in [1.807, 2.05) is 0 Å². The van der Waals surface area contributed by atoms with Gasteiger partial charge in [-0.05, 0) is 0 Å². The largest absolute Gasteiger partial charge is 3.00 e. The maximum atomic E-state index is 0. The molecule has 5 heavy (non-hydrogen) atoms. The zero-order chi connectivity index (χ0) is 0. The predicted molar refractivity (Wildman–Crippen MR) is 11.3 cm³/mol. The van der Waals surface area contributed by atoms with E-state index in [2.05, 4.69) is 0 Å². The van der Waals surface area contributed by atoms with E-state index in [-0.39, 0.29) is 64.3 Å². The number of hydrogen-bond donors (Lipinski definition) is 1. The van der Waals surface area contributed by atoms with Crippen molar-refractivity contribution in [2.75, 3.05) is 0 Å². The Morgan fingerprint density at radius 2 is 1.00 bits per heavy atom. The van der Waals surface area contributed by atoms with Gasteiger partial charge in [-0.15, -0.1) is 0 Å². The molecule has 6 N–H and O–H groups in total. The Labute approximate surface area is 63.8 Å². The Balaban J connectivity index is 0. The van der Waals surface area contributed by atoms with Crippen LogP contribution >= 0.6 is 0 Å². The van der Waals surface area contributed by atoms with Gasteiger partial charge in [0.15, 0.2) is 0 Å². The van der Waals surface area contributed by atoms with Gasteiger partial charge < -0.3 is 22.6 Å². The van der Waals surface area contributed by atoms with Crippen LogP contribution < -0.4 is 6.15 Å². The van der Waals surface area contributed by atoms with Gasteiger partial charge in [-0.25, -0.2) is 0 Å². The van der Waals surface area contributed by atoms with E-state index in [9.17, 15) is 0 Å². The van der Waals surface area contributed by atoms with Crippen molar-refractivity contribution in [2.45, 2.75) is 0 Å². The summed E-state index contributed by atoms with van der Waals surface area (Å²) in [6, 6.07) is 0. The first-order chi connectivity index (χ1) is 0. The summed E-state index contributed by atoms with van der Waals surface area (Å²) >= 11 is 0. The molecule has 0 heterocycles. The molecule has 0 unspecified atom stereocenters. The molecule has 0 saturated carbocycles. The molecule has 5 heteroatoms. The Hall–Kier alpha value is 1.22. The maximum absolute atomic E-state index is 0. The van der Waals surface area contributed by atoms with Crippen molar-refractivity contribution >= 4 is 0 Å². The molecule has 0 aliphatic heterocycles. The minimum absolute atomic E-state index is 0. The molecule has 0 aromatic rings. The van der Waals surface area contributed by atoms with E-state index in [1.165, 1.54) is 0 Å². The van der Waals surface area contributed by atoms with Crippen LogP contribution in [0.25, 0.3) is 0 Å². The van der Waals surface area contributed by atoms with Gasteiger partial charge in [0, 0.05) is 0 Å². The zero-order valence-electron chi connectivity index (χ0n) is 2.56. The van der Waals surface area contributed by atoms with Crippen LogP contribution in [0.15, 0.2) is 0 Å². The van der Waals surface area contributed by atoms with Crippen molar-refractivity contribution in [3.05, 3.63) is 0 Å². The third-order valence-corrected chi connectivity index (χ3v) is 0. The van der Waals surface area contributed by atoms with Crippen LogP contribution in [0.4, 0.5) is 0 Å². The average molecular weight is 208 g/mol. The molecule has 0 atom stereocenters. The summed E-state index contributed by atoms with van der Waals surface area (Å²) in [5.74, 6) is 0. The zero-order valence-corrected chi connectivity index (χ0v) is 5.70. The maximum Gasteiger partial charge on any atom is 3.00 e. The molecular formula is H6CeNO3. The van der Waals surface area contributed by atoms with Gasteiger partial charge in [0.2, 0.25) is 0 Å². The minimum Gasteiger partial charge on any atom is -2.00 e. The van der Waals surface area contributed by atoms with Crippen LogP contribution in [0.1, 0.15) is 0 Å². The fraction of sp³-hybridized carbons (Fsp3) is 0. The second-order valence-electron chi connectivity index (χ2n) is 0. The van der Waals surface area contributed by atoms with Gasteiger partial charge in [-0.1, -0.05) is 0 Å². The van der Waals surface area contributed by atoms with Crippen LogP contribution in [-0.4, -0.2) is 11.0 Å². The fourth-order valence-corrected chi connectivity index (χ4v) is 0. The topological polar surface area (TPSA) is 125 Å². The van der Waals surface area contributed by atoms with Gasteiger partial charge in [-0.3, -0.25) is 0 Å². The quantitative estimate of drug-likeness (QED) is 0.550. The monoisotopic (exact) mass is 208 g/mol. The molecule has 0 aromatic carbocycles. The van der Waals surface area contributed by atoms with Crippen molar-refractivity contribution in [2.24, 2.45) is 0 Å². The normalized spacial score (nSPS) is 0. The minimum atomic E-state index is 0. The Morgan fingerprint density at radius 1 is 1.00 bits per heavy atom. The van der Waals surface area contributed by atoms with Gasteiger partial charge in [-0.2, -0.15) is 0 Å². The molecule has 0 aliphatic carbocycles. The summed E-state index contributed by atoms with van der Waals surface area (Å²) in [6.07, 6.45) is 0. The molecule has 4 nitrogen and oxygen atoms in total. The van der Waals surface area contributed by atoms with Gasteiger partial charge in [0.05, 0.1) is 0 Å². The van der Waals surface area contributed by atoms with Crippen molar-refractivity contribution in [1.29, 1.82) is 0 Å². The third kappa shape index (κ3) is 36.5. The summed E-state index contributed by atoms with van der Waals surface area (Å²) in [6.45, 7) is 0. The van der Waals surface area contributed by atoms with E-state index in [0.717, 1.165) is 0 Å². The van der Waals surface area contributed by atoms with Gasteiger partial charge >= 0.3 is 41.7 Å². The van der Waals surface area contributed by atoms with Crippen LogP contribution in [0.2, 0.25) is 0 Å². The molecule has 0 bridgehead atoms. The van der Waals surface area contributed by atoms with E-state index < -0.39 is 0 Å². The molecule has 0 aliphatic rings. The van der Waals surface area contributed by atoms with Crippen molar-refractivity contribution in [3.63, 3.8) is 0 Å². The van der Waals surface area contributed by atoms with E-state index in [4.69, 9.17) is 0 Å². The molecule has 33 valence electrons. The summed E-state index contributed by atoms with van der Waals surface area (Å²) in [7, 11) is 0. The van der Waals surface area contributed by atoms with E-state index in [1.54, 1.807) is 0 Å². The second-order valence-corrected chi connectivity index (χ2v) is 0. The van der Waals surface area contributed by atoms with Crippen LogP contribution in [-0.2, 0) is 5.48 Å². The van der Waals surface area contributed by atoms with Gasteiger partial charge in [0.1, 0.15) is 0 Å². The molecule has 0 amide bonds. The summed E-state index contributed by atoms with van der Waals surface area (Å²) in [4.78, 5) is 0. The molecule has 0 aromatic heterocycles. The standard InChI is InChI=1S/Ce.H3N.2H2O.O/h;1H3;2*1H2;/q+3;;;;-2/p-1. The molecule has 0 rings (SSSR count).